The van der Waals surface area contributed by atoms with E-state index in [2.05, 4.69) is 40.8 Å². The van der Waals surface area contributed by atoms with E-state index in [4.69, 9.17) is 22.8 Å². The van der Waals surface area contributed by atoms with Crippen LogP contribution in [0.5, 0.6) is 0 Å². The Labute approximate surface area is 169 Å². The molecule has 0 rings (SSSR count). The Morgan fingerprint density at radius 1 is 1.24 bits per heavy atom. The van der Waals surface area contributed by atoms with Crippen molar-refractivity contribution in [1.82, 2.24) is 0 Å². The molecule has 0 amide bonds. The molecule has 0 radical (unpaired) electrons. The van der Waals surface area contributed by atoms with E-state index in [1.165, 1.54) is 0 Å². The van der Waals surface area contributed by atoms with Crippen LogP contribution in [0.3, 0.4) is 0 Å². The third-order valence-corrected chi connectivity index (χ3v) is 7.89. The molecule has 0 aliphatic heterocycles. The molecule has 0 spiro atoms. The van der Waals surface area contributed by atoms with Crippen LogP contribution in [-0.4, -0.2) is 14.4 Å². The van der Waals surface area contributed by atoms with Gasteiger partial charge in [-0.2, -0.15) is 0 Å². The molecule has 0 aromatic carbocycles. The number of hydrogen-bond donors (Lipinski definition) is 0. The van der Waals surface area contributed by atoms with Gasteiger partial charge in [0.05, 0.1) is 0 Å². The molecule has 0 N–H and O–H groups in total. The minimum Gasteiger partial charge on any atom is -0.518 e. The number of unbranched alkanes of at least 4 members (excludes halogenated alkanes) is 1. The van der Waals surface area contributed by atoms with Crippen LogP contribution in [-0.2, 0) is 21.5 Å². The second kappa shape index (κ2) is 19.2. The first-order valence-corrected chi connectivity index (χ1v) is 9.05. The van der Waals surface area contributed by atoms with Gasteiger partial charge in [-0.1, -0.05) is 33.6 Å². The van der Waals surface area contributed by atoms with E-state index in [0.717, 1.165) is 19.3 Å². The zero-order valence-corrected chi connectivity index (χ0v) is 17.5. The van der Waals surface area contributed by atoms with E-state index >= 15 is 0 Å². The molecule has 2 nitrogen and oxygen atoms in total. The molecule has 118 valence electrons. The molecule has 0 aromatic rings. The van der Waals surface area contributed by atoms with E-state index in [-0.39, 0.29) is 62.2 Å². The van der Waals surface area contributed by atoms with E-state index < -0.39 is 8.32 Å². The normalized spacial score (nSPS) is 10.9. The predicted molar refractivity (Wildman–Crippen MR) is 81.8 cm³/mol. The summed E-state index contributed by atoms with van der Waals surface area (Å²) in [6.07, 6.45) is 5.34. The second-order valence-corrected chi connectivity index (χ2v) is 10.6. The fourth-order valence-corrected chi connectivity index (χ4v) is 2.74. The third-order valence-electron chi connectivity index (χ3n) is 3.28. The van der Waals surface area contributed by atoms with Gasteiger partial charge in [-0.25, -0.2) is 0 Å². The molecule has 0 aromatic heterocycles. The van der Waals surface area contributed by atoms with Gasteiger partial charge in [0.15, 0.2) is 8.32 Å². The fraction of sp³-hybridized carbons (Fsp3) is 0.733. The van der Waals surface area contributed by atoms with E-state index in [1.807, 2.05) is 0 Å². The summed E-state index contributed by atoms with van der Waals surface area (Å²) in [6, 6.07) is 0. The van der Waals surface area contributed by atoms with Crippen molar-refractivity contribution in [2.75, 3.05) is 0 Å². The molecule has 0 heterocycles. The molecule has 0 unspecified atom stereocenters. The maximum Gasteiger partial charge on any atom is 1.00 e. The Morgan fingerprint density at radius 2 is 1.62 bits per heavy atom. The average Bonchev–Trinajstić information content (AvgIpc) is 2.18. The van der Waals surface area contributed by atoms with Crippen molar-refractivity contribution >= 4 is 8.32 Å². The minimum absolute atomic E-state index is 0. The topological polar surface area (TPSA) is 33.0 Å². The molecule has 1 atom stereocenters. The summed E-state index contributed by atoms with van der Waals surface area (Å²) in [7, 11) is -1.57. The Morgan fingerprint density at radius 3 is 1.90 bits per heavy atom. The summed E-state index contributed by atoms with van der Waals surface area (Å²) in [5, 5.41) is 6.56. The molecule has 0 aliphatic carbocycles. The van der Waals surface area contributed by atoms with Crippen LogP contribution < -0.4 is 37.7 Å². The van der Waals surface area contributed by atoms with Crippen LogP contribution in [0.25, 0.3) is 0 Å². The first kappa shape index (κ1) is 38.0. The van der Waals surface area contributed by atoms with Crippen molar-refractivity contribution in [1.29, 1.82) is 5.26 Å². The van der Waals surface area contributed by atoms with Crippen molar-refractivity contribution in [2.45, 2.75) is 71.2 Å². The number of allylic oxidation sites excluding steroid dienone is 1. The van der Waals surface area contributed by atoms with Crippen molar-refractivity contribution in [3.05, 3.63) is 26.7 Å². The average molecular weight is 346 g/mol. The molecule has 0 fully saturated rings. The van der Waals surface area contributed by atoms with E-state index in [9.17, 15) is 0 Å². The zero-order chi connectivity index (χ0) is 14.1. The Kier molecular flexibility index (Phi) is 34.7. The van der Waals surface area contributed by atoms with Crippen LogP contribution in [0.15, 0.2) is 6.08 Å². The Bertz CT molecular complexity index is 244. The van der Waals surface area contributed by atoms with Crippen molar-refractivity contribution < 1.29 is 59.2 Å². The van der Waals surface area contributed by atoms with Gasteiger partial charge in [-0.15, -0.1) is 0 Å². The van der Waals surface area contributed by atoms with Gasteiger partial charge in [-0.3, -0.25) is 6.08 Å². The standard InChI is InChI=1S/C13H27OSi.CN.CH3.Cu.2Li/c1-8-9-10-11-12(2)14-15(6,7)13(3,4)5;1-2;;;;/h1,8,12H,9-11H2,2-7H3;;1H3;;;/q3*-1;3*+1/t12-;;;;;/m0...../s1. The smallest absolute Gasteiger partial charge is 0.518 e. The van der Waals surface area contributed by atoms with Crippen LogP contribution in [0.2, 0.25) is 18.1 Å². The molecule has 0 bridgehead atoms. The fourth-order valence-electron chi connectivity index (χ4n) is 1.26. The summed E-state index contributed by atoms with van der Waals surface area (Å²) < 4.78 is 6.23. The molecule has 0 aliphatic rings. The van der Waals surface area contributed by atoms with Crippen LogP contribution in [0, 0.1) is 25.8 Å². The molecule has 0 saturated carbocycles. The zero-order valence-electron chi connectivity index (χ0n) is 15.5. The number of rotatable bonds is 6. The van der Waals surface area contributed by atoms with Crippen LogP contribution >= 0.6 is 0 Å². The van der Waals surface area contributed by atoms with Crippen molar-refractivity contribution in [3.63, 3.8) is 0 Å². The maximum atomic E-state index is 6.25. The first-order valence-electron chi connectivity index (χ1n) is 6.14. The van der Waals surface area contributed by atoms with Gasteiger partial charge in [0.2, 0.25) is 0 Å². The molecular formula is C15H30CuLi2NOSi. The van der Waals surface area contributed by atoms with Gasteiger partial charge in [0.1, 0.15) is 0 Å². The van der Waals surface area contributed by atoms with Gasteiger partial charge < -0.3 is 30.3 Å². The molecule has 21 heavy (non-hydrogen) atoms. The summed E-state index contributed by atoms with van der Waals surface area (Å²) in [5.41, 5.74) is 0. The van der Waals surface area contributed by atoms with Crippen molar-refractivity contribution in [3.8, 4) is 0 Å². The molecule has 0 saturated heterocycles. The van der Waals surface area contributed by atoms with E-state index in [1.54, 1.807) is 6.08 Å². The summed E-state index contributed by atoms with van der Waals surface area (Å²) in [5.74, 6) is 0. The quantitative estimate of drug-likeness (QED) is 0.355. The minimum atomic E-state index is -1.57. The van der Waals surface area contributed by atoms with Gasteiger partial charge in [-0.05, 0) is 31.5 Å². The predicted octanol–water partition coefficient (Wildman–Crippen LogP) is -0.892. The summed E-state index contributed by atoms with van der Waals surface area (Å²) >= 11 is 0. The Balaban J connectivity index is -0.0000000895. The number of hydrogen-bond acceptors (Lipinski definition) is 2. The van der Waals surface area contributed by atoms with Crippen LogP contribution in [0.4, 0.5) is 0 Å². The third kappa shape index (κ3) is 19.1. The van der Waals surface area contributed by atoms with E-state index in [0.29, 0.717) is 11.1 Å². The maximum absolute atomic E-state index is 6.25. The van der Waals surface area contributed by atoms with Crippen LogP contribution in [0.1, 0.15) is 47.0 Å². The first-order chi connectivity index (χ1) is 7.70. The summed E-state index contributed by atoms with van der Waals surface area (Å²) in [4.78, 5) is 0. The molecule has 6 heteroatoms. The largest absolute Gasteiger partial charge is 1.00 e. The second-order valence-electron chi connectivity index (χ2n) is 5.86. The summed E-state index contributed by atoms with van der Waals surface area (Å²) in [6.45, 7) is 23.7. The SMILES string of the molecule is [C-]#N.[CH-]=CCCC[C@H](C)O[Si](C)(C)C(C)(C)C.[CH3-].[Cu+].[Li+].[Li+]. The van der Waals surface area contributed by atoms with Gasteiger partial charge >= 0.3 is 54.8 Å². The molecular weight excluding hydrogens is 316 g/mol. The van der Waals surface area contributed by atoms with Crippen molar-refractivity contribution in [2.24, 2.45) is 0 Å². The monoisotopic (exact) mass is 345 g/mol. The van der Waals surface area contributed by atoms with Gasteiger partial charge in [0.25, 0.3) is 0 Å². The number of nitrogens with zero attached hydrogens (tertiary/aromatic N) is 1. The Hall–Kier alpha value is 1.12. The van der Waals surface area contributed by atoms with Gasteiger partial charge in [0, 0.05) is 6.10 Å².